The van der Waals surface area contributed by atoms with E-state index >= 15 is 0 Å². The van der Waals surface area contributed by atoms with Crippen LogP contribution in [0.4, 0.5) is 5.69 Å². The van der Waals surface area contributed by atoms with Crippen molar-refractivity contribution in [1.82, 2.24) is 0 Å². The van der Waals surface area contributed by atoms with E-state index in [9.17, 15) is 4.79 Å². The summed E-state index contributed by atoms with van der Waals surface area (Å²) in [6, 6.07) is 16.2. The number of ether oxygens (including phenoxy) is 3. The molecular weight excluding hydrogens is 414 g/mol. The zero-order valence-corrected chi connectivity index (χ0v) is 19.7. The van der Waals surface area contributed by atoms with Gasteiger partial charge in [0.05, 0.1) is 27.4 Å². The fraction of sp³-hybridized carbons (Fsp3) is 0.321. The summed E-state index contributed by atoms with van der Waals surface area (Å²) >= 11 is 0. The number of ketones is 1. The van der Waals surface area contributed by atoms with Crippen molar-refractivity contribution in [3.63, 3.8) is 0 Å². The van der Waals surface area contributed by atoms with Crippen LogP contribution in [0.3, 0.4) is 0 Å². The van der Waals surface area contributed by atoms with Gasteiger partial charge in [-0.2, -0.15) is 0 Å². The van der Waals surface area contributed by atoms with Gasteiger partial charge in [-0.25, -0.2) is 0 Å². The third-order valence-electron chi connectivity index (χ3n) is 6.76. The highest BCUT2D eigenvalue weighted by atomic mass is 16.5. The molecule has 0 radical (unpaired) electrons. The van der Waals surface area contributed by atoms with E-state index in [-0.39, 0.29) is 17.2 Å². The van der Waals surface area contributed by atoms with Crippen molar-refractivity contribution in [3.05, 3.63) is 65.2 Å². The summed E-state index contributed by atoms with van der Waals surface area (Å²) in [6.07, 6.45) is 1.37. The largest absolute Gasteiger partial charge is 0.493 e. The number of hydrogen-bond acceptors (Lipinski definition) is 5. The van der Waals surface area contributed by atoms with E-state index in [2.05, 4.69) is 55.6 Å². The smallest absolute Gasteiger partial charge is 0.203 e. The molecule has 0 amide bonds. The van der Waals surface area contributed by atoms with Gasteiger partial charge in [-0.3, -0.25) is 4.79 Å². The van der Waals surface area contributed by atoms with Gasteiger partial charge in [0.1, 0.15) is 0 Å². The van der Waals surface area contributed by atoms with Crippen LogP contribution in [0.15, 0.2) is 54.1 Å². The van der Waals surface area contributed by atoms with E-state index in [1.165, 1.54) is 10.8 Å². The van der Waals surface area contributed by atoms with Gasteiger partial charge in [0.15, 0.2) is 17.3 Å². The molecule has 1 N–H and O–H groups in total. The van der Waals surface area contributed by atoms with E-state index in [1.807, 2.05) is 12.1 Å². The molecule has 1 aliphatic carbocycles. The number of hydrogen-bond donors (Lipinski definition) is 1. The summed E-state index contributed by atoms with van der Waals surface area (Å²) in [5.74, 6) is 1.87. The number of anilines is 1. The molecule has 1 atom stereocenters. The average Bonchev–Trinajstić information content (AvgIpc) is 2.81. The fourth-order valence-corrected chi connectivity index (χ4v) is 5.36. The highest BCUT2D eigenvalue weighted by molar-refractivity contribution is 6.12. The lowest BCUT2D eigenvalue weighted by Gasteiger charge is -2.40. The molecule has 0 spiro atoms. The molecule has 3 aromatic rings. The number of methoxy groups -OCH3 is 3. The van der Waals surface area contributed by atoms with Crippen LogP contribution in [0.5, 0.6) is 17.2 Å². The quantitative estimate of drug-likeness (QED) is 0.522. The molecule has 1 aliphatic heterocycles. The average molecular weight is 444 g/mol. The third-order valence-corrected chi connectivity index (χ3v) is 6.76. The van der Waals surface area contributed by atoms with Gasteiger partial charge in [0.2, 0.25) is 5.75 Å². The molecule has 33 heavy (non-hydrogen) atoms. The lowest BCUT2D eigenvalue weighted by Crippen LogP contribution is -2.33. The van der Waals surface area contributed by atoms with Crippen LogP contribution in [0.1, 0.15) is 43.9 Å². The third kappa shape index (κ3) is 3.43. The first-order chi connectivity index (χ1) is 15.9. The Hall–Kier alpha value is -3.47. The van der Waals surface area contributed by atoms with E-state index in [1.54, 1.807) is 21.3 Å². The second-order valence-corrected chi connectivity index (χ2v) is 9.58. The molecule has 0 saturated heterocycles. The number of allylic oxidation sites excluding steroid dienone is 1. The van der Waals surface area contributed by atoms with E-state index in [0.717, 1.165) is 34.4 Å². The van der Waals surface area contributed by atoms with Crippen LogP contribution >= 0.6 is 0 Å². The Bertz CT molecular complexity index is 1280. The number of rotatable bonds is 4. The molecule has 2 aliphatic rings. The van der Waals surface area contributed by atoms with Gasteiger partial charge < -0.3 is 19.5 Å². The van der Waals surface area contributed by atoms with Crippen LogP contribution in [0.25, 0.3) is 16.3 Å². The van der Waals surface area contributed by atoms with E-state index < -0.39 is 0 Å². The second-order valence-electron chi connectivity index (χ2n) is 9.58. The number of carbonyl (C=O) groups excluding carboxylic acids is 1. The van der Waals surface area contributed by atoms with Crippen molar-refractivity contribution in [3.8, 4) is 17.2 Å². The number of nitrogens with one attached hydrogen (secondary N) is 1. The minimum Gasteiger partial charge on any atom is -0.493 e. The molecule has 0 aromatic heterocycles. The summed E-state index contributed by atoms with van der Waals surface area (Å²) in [5.41, 5.74) is 4.97. The zero-order valence-electron chi connectivity index (χ0n) is 19.7. The minimum absolute atomic E-state index is 0.0959. The lowest BCUT2D eigenvalue weighted by atomic mass is 9.68. The van der Waals surface area contributed by atoms with Gasteiger partial charge in [-0.05, 0) is 51.9 Å². The lowest BCUT2D eigenvalue weighted by molar-refractivity contribution is -0.118. The Morgan fingerprint density at radius 2 is 1.61 bits per heavy atom. The van der Waals surface area contributed by atoms with Gasteiger partial charge in [0.25, 0.3) is 0 Å². The van der Waals surface area contributed by atoms with Crippen LogP contribution in [-0.4, -0.2) is 27.1 Å². The monoisotopic (exact) mass is 443 g/mol. The Kier molecular flexibility index (Phi) is 5.08. The van der Waals surface area contributed by atoms with Crippen LogP contribution in [-0.2, 0) is 4.79 Å². The molecule has 170 valence electrons. The molecule has 0 bridgehead atoms. The minimum atomic E-state index is -0.300. The maximum Gasteiger partial charge on any atom is 0.203 e. The molecule has 0 saturated carbocycles. The number of benzene rings is 3. The van der Waals surface area contributed by atoms with Crippen LogP contribution < -0.4 is 19.5 Å². The SMILES string of the molecule is COc1cc(C2Nc3ccc4ccccc4c3C3=C2C(=O)CC(C)(C)C3)cc(OC)c1OC. The first-order valence-electron chi connectivity index (χ1n) is 11.2. The first-order valence-corrected chi connectivity index (χ1v) is 11.2. The van der Waals surface area contributed by atoms with Crippen LogP contribution in [0.2, 0.25) is 0 Å². The molecule has 5 rings (SSSR count). The summed E-state index contributed by atoms with van der Waals surface area (Å²) in [5, 5.41) is 6.02. The Labute approximate surface area is 194 Å². The fourth-order valence-electron chi connectivity index (χ4n) is 5.36. The highest BCUT2D eigenvalue weighted by Gasteiger charge is 2.41. The van der Waals surface area contributed by atoms with Crippen molar-refractivity contribution < 1.29 is 19.0 Å². The number of carbonyl (C=O) groups is 1. The molecule has 1 heterocycles. The summed E-state index contributed by atoms with van der Waals surface area (Å²) < 4.78 is 16.7. The van der Waals surface area contributed by atoms with Crippen molar-refractivity contribution in [2.45, 2.75) is 32.7 Å². The van der Waals surface area contributed by atoms with Crippen molar-refractivity contribution >= 4 is 27.8 Å². The van der Waals surface area contributed by atoms with Crippen molar-refractivity contribution in [1.29, 1.82) is 0 Å². The maximum atomic E-state index is 13.6. The van der Waals surface area contributed by atoms with Gasteiger partial charge in [-0.15, -0.1) is 0 Å². The first kappa shape index (κ1) is 21.4. The van der Waals surface area contributed by atoms with E-state index in [0.29, 0.717) is 23.7 Å². The Balaban J connectivity index is 1.78. The topological polar surface area (TPSA) is 56.8 Å². The van der Waals surface area contributed by atoms with E-state index in [4.69, 9.17) is 14.2 Å². The number of Topliss-reactive ketones (excluding diaryl/α,β-unsaturated/α-hetero) is 1. The van der Waals surface area contributed by atoms with Gasteiger partial charge >= 0.3 is 0 Å². The molecule has 5 heteroatoms. The molecule has 1 unspecified atom stereocenters. The summed E-state index contributed by atoms with van der Waals surface area (Å²) in [4.78, 5) is 13.6. The second kappa shape index (κ2) is 7.84. The predicted octanol–water partition coefficient (Wildman–Crippen LogP) is 6.18. The van der Waals surface area contributed by atoms with Gasteiger partial charge in [-0.1, -0.05) is 44.2 Å². The molecule has 0 fully saturated rings. The van der Waals surface area contributed by atoms with Crippen LogP contribution in [0, 0.1) is 5.41 Å². The Morgan fingerprint density at radius 3 is 2.27 bits per heavy atom. The molecule has 5 nitrogen and oxygen atoms in total. The number of fused-ring (bicyclic) bond motifs is 4. The van der Waals surface area contributed by atoms with Gasteiger partial charge in [0, 0.05) is 23.2 Å². The summed E-state index contributed by atoms with van der Waals surface area (Å²) in [6.45, 7) is 4.35. The Morgan fingerprint density at radius 1 is 0.909 bits per heavy atom. The van der Waals surface area contributed by atoms with Crippen molar-refractivity contribution in [2.75, 3.05) is 26.6 Å². The van der Waals surface area contributed by atoms with Crippen molar-refractivity contribution in [2.24, 2.45) is 5.41 Å². The summed E-state index contributed by atoms with van der Waals surface area (Å²) in [7, 11) is 4.80. The maximum absolute atomic E-state index is 13.6. The standard InChI is InChI=1S/C28H29NO4/c1-28(2)14-19-24-18-9-7-6-8-16(18)10-11-20(24)29-26(25(19)21(30)15-28)17-12-22(31-3)27(33-5)23(13-17)32-4/h6-13,26,29H,14-15H2,1-5H3. The molecular formula is C28H29NO4. The normalized spacial score (nSPS) is 18.9. The highest BCUT2D eigenvalue weighted by Crippen LogP contribution is 2.53. The molecule has 3 aromatic carbocycles. The predicted molar refractivity (Wildman–Crippen MR) is 131 cm³/mol. The zero-order chi connectivity index (χ0) is 23.3.